The number of benzene rings is 1. The second-order valence-corrected chi connectivity index (χ2v) is 3.41. The van der Waals surface area contributed by atoms with Gasteiger partial charge in [0.05, 0.1) is 5.69 Å². The summed E-state index contributed by atoms with van der Waals surface area (Å²) in [6, 6.07) is 3.89. The van der Waals surface area contributed by atoms with E-state index in [1.165, 1.54) is 24.5 Å². The number of phenolic OH excluding ortho intramolecular Hbond substituents is 1. The van der Waals surface area contributed by atoms with Gasteiger partial charge in [0.15, 0.2) is 11.5 Å². The Kier molecular flexibility index (Phi) is 3.42. The minimum atomic E-state index is -2.99. The first-order valence-electron chi connectivity index (χ1n) is 5.03. The van der Waals surface area contributed by atoms with Gasteiger partial charge in [-0.05, 0) is 18.2 Å². The fourth-order valence-electron chi connectivity index (χ4n) is 1.38. The van der Waals surface area contributed by atoms with Gasteiger partial charge < -0.3 is 20.0 Å². The summed E-state index contributed by atoms with van der Waals surface area (Å²) in [5, 5.41) is 9.51. The number of alkyl halides is 2. The van der Waals surface area contributed by atoms with E-state index in [1.807, 2.05) is 0 Å². The second kappa shape index (κ2) is 5.01. The number of hydrogen-bond acceptors (Lipinski definition) is 5. The van der Waals surface area contributed by atoms with Crippen molar-refractivity contribution >= 4 is 0 Å². The summed E-state index contributed by atoms with van der Waals surface area (Å²) in [6.45, 7) is -2.77. The van der Waals surface area contributed by atoms with Crippen LogP contribution in [0.15, 0.2) is 28.9 Å². The molecule has 1 aromatic carbocycles. The van der Waals surface area contributed by atoms with E-state index in [1.54, 1.807) is 0 Å². The molecule has 96 valence electrons. The summed E-state index contributed by atoms with van der Waals surface area (Å²) in [7, 11) is 0. The molecule has 3 N–H and O–H groups in total. The Balaban J connectivity index is 2.28. The maximum Gasteiger partial charge on any atom is 0.387 e. The number of aromatic nitrogens is 1. The lowest BCUT2D eigenvalue weighted by Gasteiger charge is -2.06. The normalized spacial score (nSPS) is 10.9. The lowest BCUT2D eigenvalue weighted by atomic mass is 10.2. The van der Waals surface area contributed by atoms with Crippen LogP contribution in [0, 0.1) is 0 Å². The van der Waals surface area contributed by atoms with Gasteiger partial charge in [0.1, 0.15) is 6.26 Å². The molecule has 0 aliphatic heterocycles. The van der Waals surface area contributed by atoms with Gasteiger partial charge in [0, 0.05) is 12.1 Å². The van der Waals surface area contributed by atoms with E-state index >= 15 is 0 Å². The molecule has 0 saturated carbocycles. The van der Waals surface area contributed by atoms with Crippen molar-refractivity contribution in [2.45, 2.75) is 13.2 Å². The van der Waals surface area contributed by atoms with E-state index in [4.69, 9.17) is 10.2 Å². The van der Waals surface area contributed by atoms with Crippen molar-refractivity contribution in [3.05, 3.63) is 30.2 Å². The summed E-state index contributed by atoms with van der Waals surface area (Å²) in [4.78, 5) is 4.04. The highest BCUT2D eigenvalue weighted by Gasteiger charge is 2.12. The number of ether oxygens (including phenoxy) is 1. The Hall–Kier alpha value is -2.15. The molecule has 18 heavy (non-hydrogen) atoms. The van der Waals surface area contributed by atoms with Crippen molar-refractivity contribution < 1.29 is 23.0 Å². The molecule has 0 atom stereocenters. The zero-order valence-corrected chi connectivity index (χ0v) is 9.14. The molecular weight excluding hydrogens is 246 g/mol. The third kappa shape index (κ3) is 2.57. The molecule has 0 unspecified atom stereocenters. The molecule has 1 heterocycles. The molecule has 2 rings (SSSR count). The third-order valence-electron chi connectivity index (χ3n) is 2.18. The zero-order valence-electron chi connectivity index (χ0n) is 9.14. The van der Waals surface area contributed by atoms with Crippen molar-refractivity contribution in [1.82, 2.24) is 4.98 Å². The number of halogens is 2. The second-order valence-electron chi connectivity index (χ2n) is 3.41. The summed E-state index contributed by atoms with van der Waals surface area (Å²) in [6.07, 6.45) is 1.38. The molecule has 0 amide bonds. The Morgan fingerprint density at radius 1 is 1.44 bits per heavy atom. The van der Waals surface area contributed by atoms with Crippen LogP contribution in [0.2, 0.25) is 0 Å². The van der Waals surface area contributed by atoms with Crippen molar-refractivity contribution in [1.29, 1.82) is 0 Å². The minimum absolute atomic E-state index is 0.224. The molecule has 0 spiro atoms. The van der Waals surface area contributed by atoms with Gasteiger partial charge in [-0.25, -0.2) is 4.98 Å². The summed E-state index contributed by atoms with van der Waals surface area (Å²) < 4.78 is 33.2. The van der Waals surface area contributed by atoms with Crippen LogP contribution in [-0.2, 0) is 6.54 Å². The predicted octanol–water partition coefficient (Wildman–Crippen LogP) is 2.11. The van der Waals surface area contributed by atoms with E-state index in [-0.39, 0.29) is 18.2 Å². The molecule has 7 heteroatoms. The van der Waals surface area contributed by atoms with Crippen molar-refractivity contribution in [3.8, 4) is 23.0 Å². The topological polar surface area (TPSA) is 81.5 Å². The standard InChI is InChI=1S/C11H10F2N2O3/c12-11(13)18-9-2-1-6(3-8(9)16)10-15-7(4-14)5-17-10/h1-3,5,11,16H,4,14H2. The predicted molar refractivity (Wildman–Crippen MR) is 58.1 cm³/mol. The average molecular weight is 256 g/mol. The van der Waals surface area contributed by atoms with E-state index in [0.717, 1.165) is 0 Å². The number of phenols is 1. The first-order valence-corrected chi connectivity index (χ1v) is 5.03. The first kappa shape index (κ1) is 12.3. The van der Waals surface area contributed by atoms with Crippen molar-refractivity contribution in [3.63, 3.8) is 0 Å². The Morgan fingerprint density at radius 2 is 2.22 bits per heavy atom. The fraction of sp³-hybridized carbons (Fsp3) is 0.182. The van der Waals surface area contributed by atoms with Gasteiger partial charge in [-0.2, -0.15) is 8.78 Å². The first-order chi connectivity index (χ1) is 8.60. The van der Waals surface area contributed by atoms with E-state index in [9.17, 15) is 13.9 Å². The minimum Gasteiger partial charge on any atom is -0.504 e. The number of rotatable bonds is 4. The molecule has 0 aliphatic carbocycles. The highest BCUT2D eigenvalue weighted by Crippen LogP contribution is 2.32. The Bertz CT molecular complexity index is 543. The number of nitrogens with zero attached hydrogens (tertiary/aromatic N) is 1. The summed E-state index contributed by atoms with van der Waals surface area (Å²) >= 11 is 0. The maximum absolute atomic E-state index is 12.0. The molecular formula is C11H10F2N2O3. The fourth-order valence-corrected chi connectivity index (χ4v) is 1.38. The van der Waals surface area contributed by atoms with Gasteiger partial charge in [-0.15, -0.1) is 0 Å². The largest absolute Gasteiger partial charge is 0.504 e. The van der Waals surface area contributed by atoms with Gasteiger partial charge in [-0.1, -0.05) is 0 Å². The zero-order chi connectivity index (χ0) is 13.1. The van der Waals surface area contributed by atoms with Gasteiger partial charge >= 0.3 is 6.61 Å². The molecule has 1 aromatic heterocycles. The van der Waals surface area contributed by atoms with Crippen LogP contribution in [0.5, 0.6) is 11.5 Å². The summed E-state index contributed by atoms with van der Waals surface area (Å²) in [5.41, 5.74) is 6.37. The number of oxazole rings is 1. The van der Waals surface area contributed by atoms with E-state index in [2.05, 4.69) is 9.72 Å². The molecule has 2 aromatic rings. The highest BCUT2D eigenvalue weighted by atomic mass is 19.3. The number of hydrogen-bond donors (Lipinski definition) is 2. The van der Waals surface area contributed by atoms with Crippen LogP contribution in [0.4, 0.5) is 8.78 Å². The maximum atomic E-state index is 12.0. The van der Waals surface area contributed by atoms with Crippen LogP contribution < -0.4 is 10.5 Å². The summed E-state index contributed by atoms with van der Waals surface area (Å²) in [5.74, 6) is -0.478. The monoisotopic (exact) mass is 256 g/mol. The molecule has 5 nitrogen and oxygen atoms in total. The number of aromatic hydroxyl groups is 1. The van der Waals surface area contributed by atoms with Crippen molar-refractivity contribution in [2.24, 2.45) is 5.73 Å². The third-order valence-corrected chi connectivity index (χ3v) is 2.18. The SMILES string of the molecule is NCc1coc(-c2ccc(OC(F)F)c(O)c2)n1. The van der Waals surface area contributed by atoms with E-state index < -0.39 is 12.4 Å². The Labute approximate surface area is 101 Å². The van der Waals surface area contributed by atoms with Crippen LogP contribution in [-0.4, -0.2) is 16.7 Å². The van der Waals surface area contributed by atoms with Crippen LogP contribution >= 0.6 is 0 Å². The Morgan fingerprint density at radius 3 is 2.78 bits per heavy atom. The van der Waals surface area contributed by atoms with Gasteiger partial charge in [0.25, 0.3) is 0 Å². The smallest absolute Gasteiger partial charge is 0.387 e. The highest BCUT2D eigenvalue weighted by molar-refractivity contribution is 5.59. The van der Waals surface area contributed by atoms with E-state index in [0.29, 0.717) is 11.3 Å². The number of nitrogens with two attached hydrogens (primary N) is 1. The van der Waals surface area contributed by atoms with Gasteiger partial charge in [-0.3, -0.25) is 0 Å². The lowest BCUT2D eigenvalue weighted by molar-refractivity contribution is -0.0512. The van der Waals surface area contributed by atoms with Crippen LogP contribution in [0.3, 0.4) is 0 Å². The molecule has 0 saturated heterocycles. The van der Waals surface area contributed by atoms with Gasteiger partial charge in [0.2, 0.25) is 5.89 Å². The average Bonchev–Trinajstić information content (AvgIpc) is 2.80. The van der Waals surface area contributed by atoms with Crippen LogP contribution in [0.1, 0.15) is 5.69 Å². The molecule has 0 fully saturated rings. The molecule has 0 bridgehead atoms. The molecule has 0 radical (unpaired) electrons. The van der Waals surface area contributed by atoms with Crippen LogP contribution in [0.25, 0.3) is 11.5 Å². The lowest BCUT2D eigenvalue weighted by Crippen LogP contribution is -2.01. The molecule has 0 aliphatic rings. The quantitative estimate of drug-likeness (QED) is 0.875. The van der Waals surface area contributed by atoms with Crippen molar-refractivity contribution in [2.75, 3.05) is 0 Å².